The van der Waals surface area contributed by atoms with E-state index in [0.29, 0.717) is 18.5 Å². The topological polar surface area (TPSA) is 103 Å². The molecule has 2 N–H and O–H groups in total. The fraction of sp³-hybridized carbons (Fsp3) is 0.192. The van der Waals surface area contributed by atoms with Crippen LogP contribution in [0.1, 0.15) is 46.2 Å². The van der Waals surface area contributed by atoms with E-state index in [4.69, 9.17) is 10.2 Å². The smallest absolute Gasteiger partial charge is 0.481 e. The summed E-state index contributed by atoms with van der Waals surface area (Å²) < 4.78 is 74.8. The lowest BCUT2D eigenvalue weighted by Gasteiger charge is -2.10. The molecule has 8 nitrogen and oxygen atoms in total. The Morgan fingerprint density at radius 3 is 1.31 bits per heavy atom. The van der Waals surface area contributed by atoms with Crippen molar-refractivity contribution in [2.75, 3.05) is 0 Å². The van der Waals surface area contributed by atoms with E-state index in [1.54, 1.807) is 24.3 Å². The maximum absolute atomic E-state index is 12.5. The second kappa shape index (κ2) is 20.8. The highest BCUT2D eigenvalue weighted by Crippen LogP contribution is 2.31. The Kier molecular flexibility index (Phi) is 14.6. The number of halogens is 5. The molecule has 65 heavy (non-hydrogen) atoms. The number of rotatable bonds is 17. The Labute approximate surface area is 371 Å². The van der Waals surface area contributed by atoms with Gasteiger partial charge in [-0.2, -0.15) is 8.78 Å². The lowest BCUT2D eigenvalue weighted by molar-refractivity contribution is -0.274. The zero-order valence-corrected chi connectivity index (χ0v) is 35.1. The number of carboxylic acid groups (broad SMARTS) is 2. The van der Waals surface area contributed by atoms with Crippen molar-refractivity contribution in [3.8, 4) is 22.9 Å². The minimum absolute atomic E-state index is 0.0478. The van der Waals surface area contributed by atoms with Gasteiger partial charge >= 0.3 is 24.9 Å². The van der Waals surface area contributed by atoms with E-state index in [1.807, 2.05) is 82.1 Å². The lowest BCUT2D eigenvalue weighted by Crippen LogP contribution is -2.17. The number of aromatic nitrogens is 2. The molecule has 8 rings (SSSR count). The van der Waals surface area contributed by atoms with Gasteiger partial charge in [0.15, 0.2) is 0 Å². The summed E-state index contributed by atoms with van der Waals surface area (Å²) in [4.78, 5) is 22.0. The molecule has 0 saturated heterocycles. The van der Waals surface area contributed by atoms with Gasteiger partial charge in [0.1, 0.15) is 11.5 Å². The van der Waals surface area contributed by atoms with Crippen molar-refractivity contribution in [2.45, 2.75) is 64.3 Å². The first-order valence-corrected chi connectivity index (χ1v) is 21.0. The van der Waals surface area contributed by atoms with Crippen LogP contribution in [0, 0.1) is 0 Å². The van der Waals surface area contributed by atoms with Crippen LogP contribution < -0.4 is 9.47 Å². The molecule has 0 saturated carbocycles. The van der Waals surface area contributed by atoms with Crippen LogP contribution in [0.15, 0.2) is 158 Å². The molecule has 13 heteroatoms. The van der Waals surface area contributed by atoms with Crippen molar-refractivity contribution < 1.29 is 51.2 Å². The third kappa shape index (κ3) is 12.6. The summed E-state index contributed by atoms with van der Waals surface area (Å²) in [6.45, 7) is -2.86. The number of fused-ring (bicyclic) bond motifs is 2. The van der Waals surface area contributed by atoms with E-state index in [-0.39, 0.29) is 24.3 Å². The third-order valence-electron chi connectivity index (χ3n) is 10.9. The molecule has 0 unspecified atom stereocenters. The van der Waals surface area contributed by atoms with Crippen LogP contribution in [-0.4, -0.2) is 44.3 Å². The summed E-state index contributed by atoms with van der Waals surface area (Å²) in [5, 5.41) is 20.1. The van der Waals surface area contributed by atoms with Crippen LogP contribution in [0.2, 0.25) is 0 Å². The number of carbonyl (C=O) groups is 2. The first-order valence-electron chi connectivity index (χ1n) is 21.0. The minimum Gasteiger partial charge on any atom is -0.481 e. The van der Waals surface area contributed by atoms with Gasteiger partial charge in [-0.1, -0.05) is 72.8 Å². The lowest BCUT2D eigenvalue weighted by atomic mass is 10.0. The van der Waals surface area contributed by atoms with Crippen molar-refractivity contribution in [1.29, 1.82) is 0 Å². The van der Waals surface area contributed by atoms with Gasteiger partial charge in [0, 0.05) is 47.4 Å². The Morgan fingerprint density at radius 2 is 0.923 bits per heavy atom. The van der Waals surface area contributed by atoms with Gasteiger partial charge in [-0.3, -0.25) is 9.59 Å². The van der Waals surface area contributed by atoms with E-state index in [0.717, 1.165) is 75.4 Å². The molecular weight excluding hydrogens is 844 g/mol. The zero-order valence-electron chi connectivity index (χ0n) is 35.1. The number of alkyl halides is 5. The van der Waals surface area contributed by atoms with Gasteiger partial charge in [-0.15, -0.1) is 13.2 Å². The first-order chi connectivity index (χ1) is 31.3. The molecule has 6 aromatic carbocycles. The number of nitrogens with zero attached hydrogens (tertiary/aromatic N) is 2. The fourth-order valence-corrected chi connectivity index (χ4v) is 7.77. The van der Waals surface area contributed by atoms with Crippen LogP contribution in [0.5, 0.6) is 11.5 Å². The second-order valence-electron chi connectivity index (χ2n) is 15.4. The van der Waals surface area contributed by atoms with Crippen LogP contribution in [0.3, 0.4) is 0 Å². The molecular formula is C52H45F5N2O6. The molecule has 2 aromatic heterocycles. The molecule has 0 radical (unpaired) electrons. The average Bonchev–Trinajstić information content (AvgIpc) is 3.84. The molecule has 0 spiro atoms. The van der Waals surface area contributed by atoms with E-state index in [9.17, 15) is 31.5 Å². The predicted octanol–water partition coefficient (Wildman–Crippen LogP) is 12.4. The largest absolute Gasteiger partial charge is 0.573 e. The first kappa shape index (κ1) is 45.6. The van der Waals surface area contributed by atoms with Crippen molar-refractivity contribution in [3.05, 3.63) is 191 Å². The van der Waals surface area contributed by atoms with Crippen LogP contribution in [-0.2, 0) is 48.1 Å². The predicted molar refractivity (Wildman–Crippen MR) is 239 cm³/mol. The quantitative estimate of drug-likeness (QED) is 0.0883. The highest BCUT2D eigenvalue weighted by atomic mass is 19.4. The normalized spacial score (nSPS) is 11.4. The fourth-order valence-electron chi connectivity index (χ4n) is 7.77. The van der Waals surface area contributed by atoms with Crippen molar-refractivity contribution in [3.63, 3.8) is 0 Å². The van der Waals surface area contributed by atoms with E-state index in [1.165, 1.54) is 35.4 Å². The van der Waals surface area contributed by atoms with Gasteiger partial charge in [0.2, 0.25) is 0 Å². The molecule has 0 amide bonds. The van der Waals surface area contributed by atoms with E-state index < -0.39 is 24.9 Å². The maximum atomic E-state index is 12.5. The van der Waals surface area contributed by atoms with Gasteiger partial charge in [0.25, 0.3) is 0 Å². The summed E-state index contributed by atoms with van der Waals surface area (Å²) in [5.74, 6) is -1.83. The molecule has 0 bridgehead atoms. The molecule has 0 aliphatic rings. The Balaban J connectivity index is 0.000000194. The minimum atomic E-state index is -4.74. The van der Waals surface area contributed by atoms with Crippen LogP contribution >= 0.6 is 0 Å². The summed E-state index contributed by atoms with van der Waals surface area (Å²) in [6, 6.07) is 44.4. The number of hydrogen-bond acceptors (Lipinski definition) is 4. The Morgan fingerprint density at radius 1 is 0.508 bits per heavy atom. The van der Waals surface area contributed by atoms with E-state index >= 15 is 0 Å². The molecule has 2 heterocycles. The molecule has 8 aromatic rings. The second-order valence-corrected chi connectivity index (χ2v) is 15.4. The highest BCUT2D eigenvalue weighted by molar-refractivity contribution is 5.87. The highest BCUT2D eigenvalue weighted by Gasteiger charge is 2.31. The van der Waals surface area contributed by atoms with Crippen LogP contribution in [0.4, 0.5) is 22.0 Å². The van der Waals surface area contributed by atoms with Gasteiger partial charge in [-0.25, -0.2) is 0 Å². The maximum Gasteiger partial charge on any atom is 0.573 e. The number of carboxylic acids is 2. The van der Waals surface area contributed by atoms with Crippen molar-refractivity contribution in [1.82, 2.24) is 9.13 Å². The number of ether oxygens (including phenoxy) is 2. The summed E-state index contributed by atoms with van der Waals surface area (Å²) in [6.07, 6.45) is 3.64. The molecule has 0 atom stereocenters. The Bertz CT molecular complexity index is 2840. The number of hydrogen-bond donors (Lipinski definition) is 2. The van der Waals surface area contributed by atoms with Crippen molar-refractivity contribution >= 4 is 33.7 Å². The number of benzene rings is 6. The zero-order chi connectivity index (χ0) is 45.9. The van der Waals surface area contributed by atoms with Crippen molar-refractivity contribution in [2.24, 2.45) is 0 Å². The van der Waals surface area contributed by atoms with Gasteiger partial charge < -0.3 is 28.8 Å². The molecule has 0 aliphatic carbocycles. The number of aliphatic carboxylic acids is 2. The molecule has 0 fully saturated rings. The van der Waals surface area contributed by atoms with Crippen LogP contribution in [0.25, 0.3) is 33.2 Å². The summed E-state index contributed by atoms with van der Waals surface area (Å²) in [7, 11) is 0. The van der Waals surface area contributed by atoms with Gasteiger partial charge in [-0.05, 0) is 145 Å². The molecule has 0 aliphatic heterocycles. The molecule has 334 valence electrons. The number of aryl methyl sites for hydroxylation is 6. The summed E-state index contributed by atoms with van der Waals surface area (Å²) >= 11 is 0. The third-order valence-corrected chi connectivity index (χ3v) is 10.9. The monoisotopic (exact) mass is 888 g/mol. The Hall–Kier alpha value is -7.41. The SMILES string of the molecule is O=C(O)CCc1ccc2c(c1)c(CCc1ccccc1)cn2-c1ccc(OC(F)(F)F)cc1.O=C(O)CCc1ccc2c(c1)c(CCc1ccccc1)cn2-c1ccc(OC(F)F)cc1. The summed E-state index contributed by atoms with van der Waals surface area (Å²) in [5.41, 5.74) is 10.0. The standard InChI is InChI=1S/C26H22F3NO3.C26H23F2NO3/c27-26(28,29)33-22-12-10-21(11-13-22)30-17-20(9-6-18-4-2-1-3-5-18)23-16-19(7-14-24(23)30)8-15-25(31)32;27-26(28)32-22-12-10-21(11-13-22)29-17-20(9-6-18-4-2-1-3-5-18)23-16-19(7-14-24(23)29)8-15-25(30)31/h1-5,7,10-14,16-17H,6,8-9,15H2,(H,31,32);1-5,7,10-14,16-17,26H,6,8-9,15H2,(H,30,31). The van der Waals surface area contributed by atoms with Gasteiger partial charge in [0.05, 0.1) is 11.0 Å². The average molecular weight is 889 g/mol. The van der Waals surface area contributed by atoms with E-state index in [2.05, 4.69) is 46.0 Å².